The number of carbonyl (C=O) groups is 1. The Labute approximate surface area is 122 Å². The molecule has 0 aliphatic rings. The minimum atomic E-state index is -0.0397. The Hall–Kier alpha value is -2.12. The van der Waals surface area contributed by atoms with Crippen LogP contribution >= 0.6 is 11.3 Å². The summed E-state index contributed by atoms with van der Waals surface area (Å²) in [7, 11) is 0. The van der Waals surface area contributed by atoms with Gasteiger partial charge in [-0.3, -0.25) is 4.79 Å². The zero-order valence-electron chi connectivity index (χ0n) is 11.6. The third-order valence-corrected chi connectivity index (χ3v) is 4.25. The molecular weight excluding hydrogens is 268 g/mol. The van der Waals surface area contributed by atoms with Crippen LogP contribution in [0.15, 0.2) is 30.3 Å². The van der Waals surface area contributed by atoms with Crippen LogP contribution in [0.4, 0.5) is 0 Å². The first-order valence-electron chi connectivity index (χ1n) is 6.50. The summed E-state index contributed by atoms with van der Waals surface area (Å²) >= 11 is 1.53. The predicted molar refractivity (Wildman–Crippen MR) is 80.8 cm³/mol. The number of hydrogen-bond acceptors (Lipinski definition) is 3. The molecule has 0 saturated heterocycles. The van der Waals surface area contributed by atoms with Crippen LogP contribution in [0.1, 0.15) is 38.2 Å². The lowest BCUT2D eigenvalue weighted by Gasteiger charge is -2.03. The smallest absolute Gasteiger partial charge is 0.261 e. The molecule has 0 saturated carbocycles. The molecule has 1 heterocycles. The van der Waals surface area contributed by atoms with Gasteiger partial charge in [-0.2, -0.15) is 5.26 Å². The SMILES string of the molecule is CCc1cc(C(=O)NCc2ccc(C#N)cc2)sc1C. The van der Waals surface area contributed by atoms with Crippen molar-refractivity contribution in [3.8, 4) is 6.07 Å². The van der Waals surface area contributed by atoms with Gasteiger partial charge in [-0.05, 0) is 42.7 Å². The van der Waals surface area contributed by atoms with Crippen LogP contribution in [-0.2, 0) is 13.0 Å². The minimum absolute atomic E-state index is 0.0397. The zero-order chi connectivity index (χ0) is 14.5. The molecule has 2 aromatic rings. The number of rotatable bonds is 4. The van der Waals surface area contributed by atoms with Gasteiger partial charge >= 0.3 is 0 Å². The third-order valence-electron chi connectivity index (χ3n) is 3.16. The highest BCUT2D eigenvalue weighted by atomic mass is 32.1. The van der Waals surface area contributed by atoms with Gasteiger partial charge in [-0.1, -0.05) is 19.1 Å². The van der Waals surface area contributed by atoms with Crippen molar-refractivity contribution in [2.75, 3.05) is 0 Å². The lowest BCUT2D eigenvalue weighted by Crippen LogP contribution is -2.21. The van der Waals surface area contributed by atoms with Gasteiger partial charge in [0.1, 0.15) is 0 Å². The number of carbonyl (C=O) groups excluding carboxylic acids is 1. The van der Waals surface area contributed by atoms with E-state index >= 15 is 0 Å². The van der Waals surface area contributed by atoms with Gasteiger partial charge in [0.2, 0.25) is 0 Å². The maximum Gasteiger partial charge on any atom is 0.261 e. The summed E-state index contributed by atoms with van der Waals surface area (Å²) in [6.07, 6.45) is 0.950. The van der Waals surface area contributed by atoms with E-state index in [2.05, 4.69) is 18.3 Å². The fourth-order valence-corrected chi connectivity index (χ4v) is 2.98. The van der Waals surface area contributed by atoms with Crippen molar-refractivity contribution in [1.82, 2.24) is 5.32 Å². The standard InChI is InChI=1S/C16H16N2OS/c1-3-14-8-15(20-11(14)2)16(19)18-10-13-6-4-12(9-17)5-7-13/h4-8H,3,10H2,1-2H3,(H,18,19). The zero-order valence-corrected chi connectivity index (χ0v) is 12.4. The molecule has 3 nitrogen and oxygen atoms in total. The molecule has 0 atom stereocenters. The first kappa shape index (κ1) is 14.3. The minimum Gasteiger partial charge on any atom is -0.347 e. The van der Waals surface area contributed by atoms with Gasteiger partial charge < -0.3 is 5.32 Å². The molecule has 0 aliphatic carbocycles. The molecule has 20 heavy (non-hydrogen) atoms. The summed E-state index contributed by atoms with van der Waals surface area (Å²) in [6.45, 7) is 4.61. The predicted octanol–water partition coefficient (Wildman–Crippen LogP) is 3.42. The van der Waals surface area contributed by atoms with E-state index in [-0.39, 0.29) is 5.91 Å². The fraction of sp³-hybridized carbons (Fsp3) is 0.250. The lowest BCUT2D eigenvalue weighted by molar-refractivity contribution is 0.0955. The molecule has 1 aromatic carbocycles. The number of nitrogens with zero attached hydrogens (tertiary/aromatic N) is 1. The van der Waals surface area contributed by atoms with E-state index < -0.39 is 0 Å². The van der Waals surface area contributed by atoms with Crippen molar-refractivity contribution in [2.45, 2.75) is 26.8 Å². The van der Waals surface area contributed by atoms with Crippen LogP contribution in [0, 0.1) is 18.3 Å². The Bertz CT molecular complexity index is 650. The van der Waals surface area contributed by atoms with Crippen molar-refractivity contribution in [3.63, 3.8) is 0 Å². The summed E-state index contributed by atoms with van der Waals surface area (Å²) in [5.41, 5.74) is 2.85. The number of benzene rings is 1. The average Bonchev–Trinajstić information content (AvgIpc) is 2.86. The fourth-order valence-electron chi connectivity index (χ4n) is 1.95. The van der Waals surface area contributed by atoms with E-state index in [9.17, 15) is 4.79 Å². The summed E-state index contributed by atoms with van der Waals surface area (Å²) in [5, 5.41) is 11.6. The second-order valence-corrected chi connectivity index (χ2v) is 5.79. The number of thiophene rings is 1. The second kappa shape index (κ2) is 6.36. The molecule has 0 spiro atoms. The molecule has 2 rings (SSSR count). The molecule has 1 amide bonds. The Morgan fingerprint density at radius 3 is 2.60 bits per heavy atom. The van der Waals surface area contributed by atoms with Crippen molar-refractivity contribution in [3.05, 3.63) is 56.8 Å². The van der Waals surface area contributed by atoms with Crippen LogP contribution in [0.3, 0.4) is 0 Å². The number of nitrogens with one attached hydrogen (secondary N) is 1. The van der Waals surface area contributed by atoms with Gasteiger partial charge in [0.05, 0.1) is 16.5 Å². The maximum atomic E-state index is 12.1. The third kappa shape index (κ3) is 3.25. The second-order valence-electron chi connectivity index (χ2n) is 4.54. The Balaban J connectivity index is 1.99. The molecule has 4 heteroatoms. The highest BCUT2D eigenvalue weighted by Crippen LogP contribution is 2.21. The van der Waals surface area contributed by atoms with Crippen molar-refractivity contribution in [1.29, 1.82) is 5.26 Å². The number of nitriles is 1. The Kier molecular flexibility index (Phi) is 4.54. The van der Waals surface area contributed by atoms with Gasteiger partial charge in [-0.15, -0.1) is 11.3 Å². The largest absolute Gasteiger partial charge is 0.347 e. The topological polar surface area (TPSA) is 52.9 Å². The summed E-state index contributed by atoms with van der Waals surface area (Å²) < 4.78 is 0. The number of hydrogen-bond donors (Lipinski definition) is 1. The van der Waals surface area contributed by atoms with Gasteiger partial charge in [0, 0.05) is 11.4 Å². The molecule has 102 valence electrons. The quantitative estimate of drug-likeness (QED) is 0.935. The van der Waals surface area contributed by atoms with Gasteiger partial charge in [0.25, 0.3) is 5.91 Å². The number of amides is 1. The molecule has 1 aromatic heterocycles. The van der Waals surface area contributed by atoms with Gasteiger partial charge in [0.15, 0.2) is 0 Å². The molecule has 1 N–H and O–H groups in total. The van der Waals surface area contributed by atoms with Crippen LogP contribution in [-0.4, -0.2) is 5.91 Å². The first-order chi connectivity index (χ1) is 9.63. The van der Waals surface area contributed by atoms with E-state index in [0.29, 0.717) is 12.1 Å². The number of aryl methyl sites for hydroxylation is 2. The van der Waals surface area contributed by atoms with E-state index in [1.807, 2.05) is 25.1 Å². The van der Waals surface area contributed by atoms with E-state index in [1.54, 1.807) is 12.1 Å². The van der Waals surface area contributed by atoms with E-state index in [0.717, 1.165) is 16.9 Å². The van der Waals surface area contributed by atoms with E-state index in [1.165, 1.54) is 21.8 Å². The van der Waals surface area contributed by atoms with Crippen LogP contribution in [0.2, 0.25) is 0 Å². The first-order valence-corrected chi connectivity index (χ1v) is 7.32. The maximum absolute atomic E-state index is 12.1. The molecule has 0 unspecified atom stereocenters. The molecular formula is C16H16N2OS. The molecule has 0 radical (unpaired) electrons. The van der Waals surface area contributed by atoms with Crippen molar-refractivity contribution in [2.24, 2.45) is 0 Å². The van der Waals surface area contributed by atoms with Crippen molar-refractivity contribution < 1.29 is 4.79 Å². The summed E-state index contributed by atoms with van der Waals surface area (Å²) in [4.78, 5) is 14.0. The average molecular weight is 284 g/mol. The molecule has 0 aliphatic heterocycles. The summed E-state index contributed by atoms with van der Waals surface area (Å²) in [5.74, 6) is -0.0397. The normalized spacial score (nSPS) is 10.1. The van der Waals surface area contributed by atoms with Crippen LogP contribution in [0.25, 0.3) is 0 Å². The van der Waals surface area contributed by atoms with Crippen molar-refractivity contribution >= 4 is 17.2 Å². The van der Waals surface area contributed by atoms with E-state index in [4.69, 9.17) is 5.26 Å². The molecule has 0 bridgehead atoms. The molecule has 0 fully saturated rings. The Morgan fingerprint density at radius 1 is 1.35 bits per heavy atom. The highest BCUT2D eigenvalue weighted by Gasteiger charge is 2.11. The highest BCUT2D eigenvalue weighted by molar-refractivity contribution is 7.14. The van der Waals surface area contributed by atoms with Crippen LogP contribution < -0.4 is 5.32 Å². The Morgan fingerprint density at radius 2 is 2.05 bits per heavy atom. The summed E-state index contributed by atoms with van der Waals surface area (Å²) in [6, 6.07) is 11.3. The van der Waals surface area contributed by atoms with Gasteiger partial charge in [-0.25, -0.2) is 0 Å². The lowest BCUT2D eigenvalue weighted by atomic mass is 10.1. The monoisotopic (exact) mass is 284 g/mol. The van der Waals surface area contributed by atoms with Crippen LogP contribution in [0.5, 0.6) is 0 Å².